The van der Waals surface area contributed by atoms with Crippen molar-refractivity contribution in [2.24, 2.45) is 0 Å². The Morgan fingerprint density at radius 1 is 1.33 bits per heavy atom. The number of hydrogen-bond acceptors (Lipinski definition) is 2. The summed E-state index contributed by atoms with van der Waals surface area (Å²) in [7, 11) is 0. The lowest BCUT2D eigenvalue weighted by Gasteiger charge is -2.21. The van der Waals surface area contributed by atoms with E-state index in [1.165, 1.54) is 45.2 Å². The molecule has 1 heterocycles. The van der Waals surface area contributed by atoms with Crippen LogP contribution in [0, 0.1) is 0 Å². The minimum absolute atomic E-state index is 0.546. The fraction of sp³-hybridized carbons (Fsp3) is 1.00. The predicted molar refractivity (Wildman–Crippen MR) is 65.7 cm³/mol. The van der Waals surface area contributed by atoms with Gasteiger partial charge in [0.05, 0.1) is 6.10 Å². The minimum Gasteiger partial charge on any atom is -0.378 e. The highest BCUT2D eigenvalue weighted by Gasteiger charge is 2.15. The Labute approximate surface area is 98.9 Å². The maximum Gasteiger partial charge on any atom is 0.0576 e. The third-order valence-electron chi connectivity index (χ3n) is 2.97. The van der Waals surface area contributed by atoms with E-state index in [0.717, 1.165) is 19.0 Å². The van der Waals surface area contributed by atoms with Gasteiger partial charge in [-0.15, -0.1) is 11.6 Å². The molecule has 0 saturated carbocycles. The van der Waals surface area contributed by atoms with Crippen LogP contribution in [0.2, 0.25) is 0 Å². The zero-order valence-electron chi connectivity index (χ0n) is 9.88. The maximum absolute atomic E-state index is 5.77. The summed E-state index contributed by atoms with van der Waals surface area (Å²) in [6, 6.07) is 0. The molecule has 1 atom stereocenters. The van der Waals surface area contributed by atoms with Crippen LogP contribution in [0.25, 0.3) is 0 Å². The molecule has 15 heavy (non-hydrogen) atoms. The summed E-state index contributed by atoms with van der Waals surface area (Å²) in [5.41, 5.74) is 0. The van der Waals surface area contributed by atoms with E-state index in [1.54, 1.807) is 0 Å². The average molecular weight is 234 g/mol. The van der Waals surface area contributed by atoms with Crippen molar-refractivity contribution in [3.63, 3.8) is 0 Å². The molecule has 0 aromatic rings. The zero-order chi connectivity index (χ0) is 10.9. The highest BCUT2D eigenvalue weighted by atomic mass is 35.5. The van der Waals surface area contributed by atoms with Crippen LogP contribution in [0.5, 0.6) is 0 Å². The number of ether oxygens (including phenoxy) is 1. The van der Waals surface area contributed by atoms with Crippen molar-refractivity contribution in [1.82, 2.24) is 4.90 Å². The molecule has 3 heteroatoms. The largest absolute Gasteiger partial charge is 0.378 e. The van der Waals surface area contributed by atoms with Crippen LogP contribution < -0.4 is 0 Å². The van der Waals surface area contributed by atoms with Crippen LogP contribution >= 0.6 is 11.6 Å². The molecule has 1 aliphatic heterocycles. The number of nitrogens with zero attached hydrogens (tertiary/aromatic N) is 1. The SMILES string of the molecule is CCCN(CCCl)CCCC1CCCO1. The molecule has 0 aromatic carbocycles. The summed E-state index contributed by atoms with van der Waals surface area (Å²) in [4.78, 5) is 2.46. The number of rotatable bonds is 8. The Kier molecular flexibility index (Phi) is 7.41. The Hall–Kier alpha value is 0.210. The molecule has 1 saturated heterocycles. The summed E-state index contributed by atoms with van der Waals surface area (Å²) in [6.45, 7) is 6.59. The minimum atomic E-state index is 0.546. The van der Waals surface area contributed by atoms with Gasteiger partial charge < -0.3 is 9.64 Å². The first-order chi connectivity index (χ1) is 7.36. The number of halogens is 1. The molecule has 1 aliphatic rings. The van der Waals surface area contributed by atoms with E-state index < -0.39 is 0 Å². The second-order valence-electron chi connectivity index (χ2n) is 4.31. The Morgan fingerprint density at radius 2 is 2.20 bits per heavy atom. The van der Waals surface area contributed by atoms with Crippen molar-refractivity contribution in [3.05, 3.63) is 0 Å². The fourth-order valence-corrected chi connectivity index (χ4v) is 2.42. The Balaban J connectivity index is 2.04. The number of alkyl halides is 1. The van der Waals surface area contributed by atoms with Crippen molar-refractivity contribution < 1.29 is 4.74 Å². The first-order valence-electron chi connectivity index (χ1n) is 6.26. The molecular formula is C12H24ClNO. The van der Waals surface area contributed by atoms with Crippen LogP contribution in [0.15, 0.2) is 0 Å². The van der Waals surface area contributed by atoms with Gasteiger partial charge >= 0.3 is 0 Å². The topological polar surface area (TPSA) is 12.5 Å². The molecule has 0 radical (unpaired) electrons. The van der Waals surface area contributed by atoms with E-state index in [2.05, 4.69) is 11.8 Å². The van der Waals surface area contributed by atoms with Gasteiger partial charge in [-0.3, -0.25) is 0 Å². The third kappa shape index (κ3) is 5.74. The number of hydrogen-bond donors (Lipinski definition) is 0. The molecule has 1 rings (SSSR count). The fourth-order valence-electron chi connectivity index (χ4n) is 2.19. The quantitative estimate of drug-likeness (QED) is 0.598. The molecule has 1 fully saturated rings. The van der Waals surface area contributed by atoms with Crippen LogP contribution in [0.4, 0.5) is 0 Å². The summed E-state index contributed by atoms with van der Waals surface area (Å²) in [5.74, 6) is 0.750. The smallest absolute Gasteiger partial charge is 0.0576 e. The van der Waals surface area contributed by atoms with Gasteiger partial charge in [-0.05, 0) is 45.2 Å². The van der Waals surface area contributed by atoms with E-state index in [1.807, 2.05) is 0 Å². The van der Waals surface area contributed by atoms with Crippen molar-refractivity contribution >= 4 is 11.6 Å². The summed E-state index contributed by atoms with van der Waals surface area (Å²) < 4.78 is 5.61. The van der Waals surface area contributed by atoms with Crippen molar-refractivity contribution in [2.45, 2.75) is 45.1 Å². The first kappa shape index (κ1) is 13.3. The molecule has 0 N–H and O–H groups in total. The summed E-state index contributed by atoms with van der Waals surface area (Å²) in [6.07, 6.45) is 6.76. The molecule has 0 bridgehead atoms. The molecule has 0 amide bonds. The van der Waals surface area contributed by atoms with Crippen LogP contribution in [-0.4, -0.2) is 43.1 Å². The second-order valence-corrected chi connectivity index (χ2v) is 4.69. The Bertz CT molecular complexity index is 143. The van der Waals surface area contributed by atoms with Gasteiger partial charge in [0.15, 0.2) is 0 Å². The monoisotopic (exact) mass is 233 g/mol. The predicted octanol–water partition coefficient (Wildman–Crippen LogP) is 2.90. The van der Waals surface area contributed by atoms with Crippen LogP contribution in [-0.2, 0) is 4.74 Å². The molecule has 90 valence electrons. The van der Waals surface area contributed by atoms with E-state index in [0.29, 0.717) is 6.10 Å². The van der Waals surface area contributed by atoms with Gasteiger partial charge in [0.2, 0.25) is 0 Å². The van der Waals surface area contributed by atoms with Gasteiger partial charge in [-0.2, -0.15) is 0 Å². The standard InChI is InChI=1S/C12H24ClNO/c1-2-8-14(10-7-13)9-3-5-12-6-4-11-15-12/h12H,2-11H2,1H3. The lowest BCUT2D eigenvalue weighted by Crippen LogP contribution is -2.28. The third-order valence-corrected chi connectivity index (χ3v) is 3.13. The molecule has 2 nitrogen and oxygen atoms in total. The normalized spacial score (nSPS) is 21.4. The van der Waals surface area contributed by atoms with Crippen molar-refractivity contribution in [3.8, 4) is 0 Å². The summed E-state index contributed by atoms with van der Waals surface area (Å²) >= 11 is 5.77. The lowest BCUT2D eigenvalue weighted by molar-refractivity contribution is 0.0989. The van der Waals surface area contributed by atoms with E-state index in [4.69, 9.17) is 16.3 Å². The van der Waals surface area contributed by atoms with Gasteiger partial charge in [-0.1, -0.05) is 6.92 Å². The highest BCUT2D eigenvalue weighted by Crippen LogP contribution is 2.16. The average Bonchev–Trinajstić information content (AvgIpc) is 2.71. The molecule has 0 spiro atoms. The molecule has 0 aliphatic carbocycles. The highest BCUT2D eigenvalue weighted by molar-refractivity contribution is 6.18. The van der Waals surface area contributed by atoms with Crippen LogP contribution in [0.1, 0.15) is 39.0 Å². The zero-order valence-corrected chi connectivity index (χ0v) is 10.6. The summed E-state index contributed by atoms with van der Waals surface area (Å²) in [5, 5.41) is 0. The van der Waals surface area contributed by atoms with Crippen LogP contribution in [0.3, 0.4) is 0 Å². The van der Waals surface area contributed by atoms with E-state index >= 15 is 0 Å². The maximum atomic E-state index is 5.77. The molecule has 1 unspecified atom stereocenters. The van der Waals surface area contributed by atoms with Crippen molar-refractivity contribution in [2.75, 3.05) is 32.1 Å². The molecule has 0 aromatic heterocycles. The molecular weight excluding hydrogens is 210 g/mol. The lowest BCUT2D eigenvalue weighted by atomic mass is 10.1. The van der Waals surface area contributed by atoms with Gasteiger partial charge in [-0.25, -0.2) is 0 Å². The van der Waals surface area contributed by atoms with E-state index in [-0.39, 0.29) is 0 Å². The Morgan fingerprint density at radius 3 is 2.80 bits per heavy atom. The second kappa shape index (κ2) is 8.37. The first-order valence-corrected chi connectivity index (χ1v) is 6.80. The van der Waals surface area contributed by atoms with Gasteiger partial charge in [0.1, 0.15) is 0 Å². The van der Waals surface area contributed by atoms with Crippen molar-refractivity contribution in [1.29, 1.82) is 0 Å². The van der Waals surface area contributed by atoms with Gasteiger partial charge in [0, 0.05) is 19.0 Å². The van der Waals surface area contributed by atoms with Gasteiger partial charge in [0.25, 0.3) is 0 Å². The van der Waals surface area contributed by atoms with E-state index in [9.17, 15) is 0 Å².